The first-order valence-corrected chi connectivity index (χ1v) is 8.42. The summed E-state index contributed by atoms with van der Waals surface area (Å²) in [5, 5.41) is 6.24. The maximum Gasteiger partial charge on any atom is 0.223 e. The summed E-state index contributed by atoms with van der Waals surface area (Å²) in [5.41, 5.74) is 1.06. The Labute approximate surface area is 156 Å². The van der Waals surface area contributed by atoms with Gasteiger partial charge in [-0.15, -0.1) is 24.8 Å². The van der Waals surface area contributed by atoms with E-state index in [1.807, 2.05) is 13.1 Å². The van der Waals surface area contributed by atoms with Gasteiger partial charge in [-0.3, -0.25) is 4.79 Å². The molecule has 1 atom stereocenters. The Kier molecular flexibility index (Phi) is 8.81. The molecule has 2 aliphatic rings. The fourth-order valence-electron chi connectivity index (χ4n) is 3.06. The van der Waals surface area contributed by atoms with Crippen molar-refractivity contribution in [1.29, 1.82) is 0 Å². The predicted octanol–water partition coefficient (Wildman–Crippen LogP) is 2.39. The zero-order chi connectivity index (χ0) is 15.4. The maximum absolute atomic E-state index is 12.1. The van der Waals surface area contributed by atoms with Crippen molar-refractivity contribution in [3.63, 3.8) is 0 Å². The molecule has 7 heteroatoms. The molecule has 5 nitrogen and oxygen atoms in total. The third-order valence-corrected chi connectivity index (χ3v) is 4.89. The Morgan fingerprint density at radius 3 is 2.54 bits per heavy atom. The summed E-state index contributed by atoms with van der Waals surface area (Å²) in [6, 6.07) is 4.15. The third kappa shape index (κ3) is 5.23. The normalized spacial score (nSPS) is 18.6. The van der Waals surface area contributed by atoms with E-state index in [0.29, 0.717) is 12.5 Å². The molecule has 3 rings (SSSR count). The molecule has 0 radical (unpaired) electrons. The van der Waals surface area contributed by atoms with Gasteiger partial charge in [0.2, 0.25) is 5.91 Å². The standard InChI is InChI=1S/C17H26N4O.2ClH/c1-13(15-11-18-12-15)17(22)20-10-14-5-6-16(19-9-14)21-7-3-2-4-8-21;;/h5-6,9,13,15,18H,2-4,7-8,10-12H2,1H3,(H,20,22);2*1H. The highest BCUT2D eigenvalue weighted by Crippen LogP contribution is 2.18. The number of rotatable bonds is 5. The van der Waals surface area contributed by atoms with Crippen LogP contribution < -0.4 is 15.5 Å². The molecule has 2 aliphatic heterocycles. The maximum atomic E-state index is 12.1. The second-order valence-electron chi connectivity index (χ2n) is 6.50. The number of piperidine rings is 1. The number of pyridine rings is 1. The number of aromatic nitrogens is 1. The van der Waals surface area contributed by atoms with Gasteiger partial charge in [-0.05, 0) is 49.9 Å². The Balaban J connectivity index is 0.00000144. The Morgan fingerprint density at radius 2 is 2.00 bits per heavy atom. The molecule has 1 unspecified atom stereocenters. The highest BCUT2D eigenvalue weighted by Gasteiger charge is 2.28. The van der Waals surface area contributed by atoms with Crippen LogP contribution in [0.5, 0.6) is 0 Å². The van der Waals surface area contributed by atoms with Gasteiger partial charge in [0.05, 0.1) is 0 Å². The lowest BCUT2D eigenvalue weighted by Crippen LogP contribution is -2.49. The van der Waals surface area contributed by atoms with Crippen molar-refractivity contribution in [1.82, 2.24) is 15.6 Å². The monoisotopic (exact) mass is 374 g/mol. The minimum atomic E-state index is 0. The Bertz CT molecular complexity index is 502. The van der Waals surface area contributed by atoms with E-state index in [0.717, 1.165) is 37.6 Å². The first-order valence-electron chi connectivity index (χ1n) is 8.42. The van der Waals surface area contributed by atoms with E-state index < -0.39 is 0 Å². The van der Waals surface area contributed by atoms with Gasteiger partial charge < -0.3 is 15.5 Å². The molecule has 0 saturated carbocycles. The van der Waals surface area contributed by atoms with E-state index >= 15 is 0 Å². The van der Waals surface area contributed by atoms with Crippen LogP contribution in [0.4, 0.5) is 5.82 Å². The number of hydrogen-bond donors (Lipinski definition) is 2. The molecule has 3 heterocycles. The fourth-order valence-corrected chi connectivity index (χ4v) is 3.06. The van der Waals surface area contributed by atoms with E-state index in [1.165, 1.54) is 19.3 Å². The van der Waals surface area contributed by atoms with Crippen molar-refractivity contribution < 1.29 is 4.79 Å². The second-order valence-corrected chi connectivity index (χ2v) is 6.50. The highest BCUT2D eigenvalue weighted by molar-refractivity contribution is 5.85. The molecule has 0 spiro atoms. The topological polar surface area (TPSA) is 57.3 Å². The minimum absolute atomic E-state index is 0. The van der Waals surface area contributed by atoms with Crippen LogP contribution in [0.25, 0.3) is 0 Å². The number of halogens is 2. The molecule has 1 amide bonds. The summed E-state index contributed by atoms with van der Waals surface area (Å²) >= 11 is 0. The quantitative estimate of drug-likeness (QED) is 0.830. The van der Waals surface area contributed by atoms with Crippen molar-refractivity contribution in [3.05, 3.63) is 23.9 Å². The summed E-state index contributed by atoms with van der Waals surface area (Å²) < 4.78 is 0. The van der Waals surface area contributed by atoms with Crippen LogP contribution >= 0.6 is 24.8 Å². The molecule has 0 bridgehead atoms. The molecule has 1 aromatic heterocycles. The van der Waals surface area contributed by atoms with Gasteiger partial charge in [-0.1, -0.05) is 13.0 Å². The summed E-state index contributed by atoms with van der Waals surface area (Å²) in [6.07, 6.45) is 5.73. The van der Waals surface area contributed by atoms with Crippen molar-refractivity contribution in [2.45, 2.75) is 32.7 Å². The molecule has 1 aromatic rings. The molecular weight excluding hydrogens is 347 g/mol. The van der Waals surface area contributed by atoms with Crippen molar-refractivity contribution >= 4 is 36.5 Å². The number of carbonyl (C=O) groups excluding carboxylic acids is 1. The molecule has 24 heavy (non-hydrogen) atoms. The Hall–Kier alpha value is -1.04. The van der Waals surface area contributed by atoms with Crippen molar-refractivity contribution in [2.75, 3.05) is 31.1 Å². The molecule has 0 aliphatic carbocycles. The number of nitrogens with zero attached hydrogens (tertiary/aromatic N) is 2. The molecule has 2 N–H and O–H groups in total. The zero-order valence-corrected chi connectivity index (χ0v) is 15.8. The van der Waals surface area contributed by atoms with Crippen LogP contribution in [0, 0.1) is 11.8 Å². The van der Waals surface area contributed by atoms with Gasteiger partial charge in [0, 0.05) is 31.7 Å². The lowest BCUT2D eigenvalue weighted by Gasteiger charge is -2.31. The summed E-state index contributed by atoms with van der Waals surface area (Å²) in [6.45, 7) is 6.71. The summed E-state index contributed by atoms with van der Waals surface area (Å²) in [4.78, 5) is 19.0. The van der Waals surface area contributed by atoms with Crippen LogP contribution in [0.15, 0.2) is 18.3 Å². The average Bonchev–Trinajstić information content (AvgIpc) is 2.52. The first kappa shape index (κ1) is 21.0. The van der Waals surface area contributed by atoms with Crippen LogP contribution in [-0.2, 0) is 11.3 Å². The number of nitrogens with one attached hydrogen (secondary N) is 2. The molecule has 136 valence electrons. The summed E-state index contributed by atoms with van der Waals surface area (Å²) in [5.74, 6) is 1.77. The number of amides is 1. The fraction of sp³-hybridized carbons (Fsp3) is 0.647. The smallest absolute Gasteiger partial charge is 0.223 e. The van der Waals surface area contributed by atoms with E-state index in [-0.39, 0.29) is 36.6 Å². The van der Waals surface area contributed by atoms with Crippen LogP contribution in [0.2, 0.25) is 0 Å². The van der Waals surface area contributed by atoms with E-state index in [9.17, 15) is 4.79 Å². The number of hydrogen-bond acceptors (Lipinski definition) is 4. The van der Waals surface area contributed by atoms with Gasteiger partial charge in [0.25, 0.3) is 0 Å². The van der Waals surface area contributed by atoms with Gasteiger partial charge in [0.1, 0.15) is 5.82 Å². The summed E-state index contributed by atoms with van der Waals surface area (Å²) in [7, 11) is 0. The van der Waals surface area contributed by atoms with Crippen LogP contribution in [0.3, 0.4) is 0 Å². The highest BCUT2D eigenvalue weighted by atomic mass is 35.5. The number of anilines is 1. The minimum Gasteiger partial charge on any atom is -0.357 e. The average molecular weight is 375 g/mol. The third-order valence-electron chi connectivity index (χ3n) is 4.89. The Morgan fingerprint density at radius 1 is 1.29 bits per heavy atom. The van der Waals surface area contributed by atoms with E-state index in [1.54, 1.807) is 0 Å². The second kappa shape index (κ2) is 10.1. The zero-order valence-electron chi connectivity index (χ0n) is 14.2. The lowest BCUT2D eigenvalue weighted by molar-refractivity contribution is -0.126. The van der Waals surface area contributed by atoms with E-state index in [2.05, 4.69) is 32.7 Å². The van der Waals surface area contributed by atoms with E-state index in [4.69, 9.17) is 0 Å². The van der Waals surface area contributed by atoms with Gasteiger partial charge in [-0.25, -0.2) is 4.98 Å². The molecule has 2 fully saturated rings. The van der Waals surface area contributed by atoms with Crippen molar-refractivity contribution in [2.24, 2.45) is 11.8 Å². The van der Waals surface area contributed by atoms with Crippen molar-refractivity contribution in [3.8, 4) is 0 Å². The van der Waals surface area contributed by atoms with Gasteiger partial charge >= 0.3 is 0 Å². The first-order chi connectivity index (χ1) is 10.7. The lowest BCUT2D eigenvalue weighted by atomic mass is 9.88. The predicted molar refractivity (Wildman–Crippen MR) is 102 cm³/mol. The largest absolute Gasteiger partial charge is 0.357 e. The van der Waals surface area contributed by atoms with Gasteiger partial charge in [0.15, 0.2) is 0 Å². The molecular formula is C17H28Cl2N4O. The van der Waals surface area contributed by atoms with Gasteiger partial charge in [-0.2, -0.15) is 0 Å². The number of carbonyl (C=O) groups is 1. The molecule has 0 aromatic carbocycles. The molecule has 2 saturated heterocycles. The SMILES string of the molecule is CC(C(=O)NCc1ccc(N2CCCCC2)nc1)C1CNC1.Cl.Cl. The van der Waals surface area contributed by atoms with Crippen LogP contribution in [0.1, 0.15) is 31.7 Å². The van der Waals surface area contributed by atoms with Crippen LogP contribution in [-0.4, -0.2) is 37.1 Å².